The summed E-state index contributed by atoms with van der Waals surface area (Å²) >= 11 is 6.24. The van der Waals surface area contributed by atoms with Crippen molar-refractivity contribution < 1.29 is 9.59 Å². The van der Waals surface area contributed by atoms with Gasteiger partial charge in [-0.25, -0.2) is 0 Å². The standard InChI is InChI=1S/C24H28ClN3O2/c1-17(29)28-14-11-18-7-3-4-8-20(18)23(28)16-24(30)26-21-15-19(25)9-10-22(21)27-12-5-2-6-13-27/h3-4,7-10,15,23H,2,5-6,11-14,16H2,1H3,(H,26,30). The van der Waals surface area contributed by atoms with E-state index >= 15 is 0 Å². The highest BCUT2D eigenvalue weighted by Gasteiger charge is 2.31. The Morgan fingerprint density at radius 3 is 2.60 bits per heavy atom. The molecule has 1 fully saturated rings. The summed E-state index contributed by atoms with van der Waals surface area (Å²) in [6.07, 6.45) is 4.60. The van der Waals surface area contributed by atoms with Gasteiger partial charge < -0.3 is 15.1 Å². The molecular weight excluding hydrogens is 398 g/mol. The SMILES string of the molecule is CC(=O)N1CCc2ccccc2C1CC(=O)Nc1cc(Cl)ccc1N1CCCCC1. The van der Waals surface area contributed by atoms with E-state index in [0.29, 0.717) is 11.6 Å². The number of hydrogen-bond donors (Lipinski definition) is 1. The summed E-state index contributed by atoms with van der Waals surface area (Å²) in [5, 5.41) is 3.68. The summed E-state index contributed by atoms with van der Waals surface area (Å²) in [6.45, 7) is 4.18. The third kappa shape index (κ3) is 4.46. The molecule has 2 aliphatic rings. The Bertz CT molecular complexity index is 940. The molecule has 0 aliphatic carbocycles. The first-order valence-corrected chi connectivity index (χ1v) is 11.1. The molecule has 0 radical (unpaired) electrons. The van der Waals surface area contributed by atoms with Crippen molar-refractivity contribution in [3.63, 3.8) is 0 Å². The van der Waals surface area contributed by atoms with E-state index < -0.39 is 0 Å². The number of amides is 2. The molecular formula is C24H28ClN3O2. The van der Waals surface area contributed by atoms with E-state index in [1.807, 2.05) is 41.3 Å². The third-order valence-corrected chi connectivity index (χ3v) is 6.36. The summed E-state index contributed by atoms with van der Waals surface area (Å²) in [4.78, 5) is 29.5. The predicted molar refractivity (Wildman–Crippen MR) is 121 cm³/mol. The lowest BCUT2D eigenvalue weighted by molar-refractivity contribution is -0.132. The van der Waals surface area contributed by atoms with Gasteiger partial charge in [-0.05, 0) is 55.0 Å². The minimum atomic E-state index is -0.245. The van der Waals surface area contributed by atoms with Gasteiger partial charge in [-0.2, -0.15) is 0 Å². The van der Waals surface area contributed by atoms with Crippen molar-refractivity contribution in [3.8, 4) is 0 Å². The molecule has 1 atom stereocenters. The maximum absolute atomic E-state index is 13.1. The number of halogens is 1. The van der Waals surface area contributed by atoms with Crippen LogP contribution < -0.4 is 10.2 Å². The first kappa shape index (κ1) is 20.7. The van der Waals surface area contributed by atoms with Crippen molar-refractivity contribution in [2.75, 3.05) is 29.9 Å². The Morgan fingerprint density at radius 1 is 1.07 bits per heavy atom. The Balaban J connectivity index is 1.56. The number of piperidine rings is 1. The highest BCUT2D eigenvalue weighted by atomic mass is 35.5. The summed E-state index contributed by atoms with van der Waals surface area (Å²) in [5.41, 5.74) is 4.04. The molecule has 2 aliphatic heterocycles. The zero-order valence-electron chi connectivity index (χ0n) is 17.4. The van der Waals surface area contributed by atoms with Crippen molar-refractivity contribution in [1.82, 2.24) is 4.90 Å². The molecule has 4 rings (SSSR count). The lowest BCUT2D eigenvalue weighted by Gasteiger charge is -2.36. The summed E-state index contributed by atoms with van der Waals surface area (Å²) in [6, 6.07) is 13.5. The molecule has 2 aromatic carbocycles. The first-order valence-electron chi connectivity index (χ1n) is 10.7. The fourth-order valence-electron chi connectivity index (χ4n) is 4.64. The Labute approximate surface area is 183 Å². The molecule has 1 saturated heterocycles. The van der Waals surface area contributed by atoms with Gasteiger partial charge in [-0.15, -0.1) is 0 Å². The molecule has 2 heterocycles. The van der Waals surface area contributed by atoms with E-state index in [1.54, 1.807) is 6.92 Å². The average molecular weight is 426 g/mol. The quantitative estimate of drug-likeness (QED) is 0.765. The van der Waals surface area contributed by atoms with Crippen LogP contribution in [0.15, 0.2) is 42.5 Å². The second-order valence-electron chi connectivity index (χ2n) is 8.14. The Morgan fingerprint density at radius 2 is 1.83 bits per heavy atom. The van der Waals surface area contributed by atoms with E-state index in [2.05, 4.69) is 16.3 Å². The van der Waals surface area contributed by atoms with Gasteiger partial charge in [0.05, 0.1) is 23.8 Å². The maximum atomic E-state index is 13.1. The lowest BCUT2D eigenvalue weighted by Crippen LogP contribution is -2.40. The van der Waals surface area contributed by atoms with Crippen molar-refractivity contribution in [1.29, 1.82) is 0 Å². The topological polar surface area (TPSA) is 52.7 Å². The van der Waals surface area contributed by atoms with Gasteiger partial charge in [0.1, 0.15) is 0 Å². The molecule has 30 heavy (non-hydrogen) atoms. The van der Waals surface area contributed by atoms with Gasteiger partial charge in [0.15, 0.2) is 0 Å². The molecule has 5 nitrogen and oxygen atoms in total. The minimum absolute atomic E-state index is 0.000866. The van der Waals surface area contributed by atoms with Crippen LogP contribution in [0.25, 0.3) is 0 Å². The van der Waals surface area contributed by atoms with E-state index in [9.17, 15) is 9.59 Å². The van der Waals surface area contributed by atoms with E-state index in [4.69, 9.17) is 11.6 Å². The van der Waals surface area contributed by atoms with Gasteiger partial charge in [0, 0.05) is 31.6 Å². The van der Waals surface area contributed by atoms with Crippen LogP contribution in [-0.2, 0) is 16.0 Å². The fraction of sp³-hybridized carbons (Fsp3) is 0.417. The minimum Gasteiger partial charge on any atom is -0.370 e. The number of anilines is 2. The van der Waals surface area contributed by atoms with Crippen molar-refractivity contribution in [3.05, 3.63) is 58.6 Å². The summed E-state index contributed by atoms with van der Waals surface area (Å²) < 4.78 is 0. The van der Waals surface area contributed by atoms with Gasteiger partial charge in [0.25, 0.3) is 0 Å². The number of hydrogen-bond acceptors (Lipinski definition) is 3. The Kier molecular flexibility index (Phi) is 6.28. The second-order valence-corrected chi connectivity index (χ2v) is 8.57. The number of benzene rings is 2. The van der Waals surface area contributed by atoms with E-state index in [0.717, 1.165) is 49.3 Å². The molecule has 1 N–H and O–H groups in total. The van der Waals surface area contributed by atoms with Gasteiger partial charge in [-0.1, -0.05) is 35.9 Å². The molecule has 1 unspecified atom stereocenters. The number of fused-ring (bicyclic) bond motifs is 1. The van der Waals surface area contributed by atoms with Gasteiger partial charge in [-0.3, -0.25) is 9.59 Å². The lowest BCUT2D eigenvalue weighted by atomic mass is 9.90. The number of nitrogens with one attached hydrogen (secondary N) is 1. The predicted octanol–water partition coefficient (Wildman–Crippen LogP) is 4.80. The smallest absolute Gasteiger partial charge is 0.226 e. The summed E-state index contributed by atoms with van der Waals surface area (Å²) in [5.74, 6) is -0.109. The largest absolute Gasteiger partial charge is 0.370 e. The van der Waals surface area contributed by atoms with Crippen LogP contribution in [0.3, 0.4) is 0 Å². The zero-order chi connectivity index (χ0) is 21.1. The normalized spacial score (nSPS) is 18.7. The molecule has 0 saturated carbocycles. The number of carbonyl (C=O) groups is 2. The van der Waals surface area contributed by atoms with Crippen LogP contribution in [0.4, 0.5) is 11.4 Å². The maximum Gasteiger partial charge on any atom is 0.226 e. The molecule has 0 aromatic heterocycles. The van der Waals surface area contributed by atoms with Gasteiger partial charge >= 0.3 is 0 Å². The Hall–Kier alpha value is -2.53. The number of nitrogens with zero attached hydrogens (tertiary/aromatic N) is 2. The molecule has 0 bridgehead atoms. The van der Waals surface area contributed by atoms with Crippen LogP contribution in [-0.4, -0.2) is 36.3 Å². The zero-order valence-corrected chi connectivity index (χ0v) is 18.1. The van der Waals surface area contributed by atoms with Gasteiger partial charge in [0.2, 0.25) is 11.8 Å². The molecule has 2 amide bonds. The molecule has 0 spiro atoms. The van der Waals surface area contributed by atoms with Crippen molar-refractivity contribution >= 4 is 34.8 Å². The second kappa shape index (κ2) is 9.09. The first-order chi connectivity index (χ1) is 14.5. The fourth-order valence-corrected chi connectivity index (χ4v) is 4.82. The third-order valence-electron chi connectivity index (χ3n) is 6.13. The van der Waals surface area contributed by atoms with E-state index in [-0.39, 0.29) is 24.3 Å². The van der Waals surface area contributed by atoms with Crippen LogP contribution in [0.2, 0.25) is 5.02 Å². The van der Waals surface area contributed by atoms with Crippen molar-refractivity contribution in [2.45, 2.75) is 45.1 Å². The van der Waals surface area contributed by atoms with Crippen molar-refractivity contribution in [2.24, 2.45) is 0 Å². The highest BCUT2D eigenvalue weighted by molar-refractivity contribution is 6.31. The molecule has 2 aromatic rings. The number of rotatable bonds is 4. The summed E-state index contributed by atoms with van der Waals surface area (Å²) in [7, 11) is 0. The van der Waals surface area contributed by atoms with Crippen LogP contribution in [0.5, 0.6) is 0 Å². The van der Waals surface area contributed by atoms with Crippen LogP contribution >= 0.6 is 11.6 Å². The number of carbonyl (C=O) groups excluding carboxylic acids is 2. The average Bonchev–Trinajstić information content (AvgIpc) is 2.74. The molecule has 158 valence electrons. The monoisotopic (exact) mass is 425 g/mol. The van der Waals surface area contributed by atoms with E-state index in [1.165, 1.54) is 12.0 Å². The highest BCUT2D eigenvalue weighted by Crippen LogP contribution is 2.34. The van der Waals surface area contributed by atoms with Crippen LogP contribution in [0, 0.1) is 0 Å². The molecule has 6 heteroatoms. The van der Waals surface area contributed by atoms with Crippen LogP contribution in [0.1, 0.15) is 49.8 Å².